The molecule has 1 saturated heterocycles. The zero-order valence-corrected chi connectivity index (χ0v) is 10.8. The number of nitrogens with zero attached hydrogens (tertiary/aromatic N) is 2. The summed E-state index contributed by atoms with van der Waals surface area (Å²) in [5.74, 6) is -0.102. The Morgan fingerprint density at radius 3 is 3.00 bits per heavy atom. The molecular formula is C12H12BrN3O. The number of anilines is 1. The Kier molecular flexibility index (Phi) is 3.46. The summed E-state index contributed by atoms with van der Waals surface area (Å²) in [5, 5.41) is 9.09. The molecule has 88 valence electrons. The van der Waals surface area contributed by atoms with E-state index in [0.29, 0.717) is 24.2 Å². The molecule has 1 unspecified atom stereocenters. The van der Waals surface area contributed by atoms with Crippen molar-refractivity contribution in [3.05, 3.63) is 28.2 Å². The number of benzene rings is 1. The van der Waals surface area contributed by atoms with Crippen molar-refractivity contribution < 1.29 is 4.79 Å². The van der Waals surface area contributed by atoms with Crippen LogP contribution in [0.15, 0.2) is 22.7 Å². The lowest BCUT2D eigenvalue weighted by Gasteiger charge is -2.31. The largest absolute Gasteiger partial charge is 0.320 e. The first-order valence-corrected chi connectivity index (χ1v) is 6.19. The predicted octanol–water partition coefficient (Wildman–Crippen LogP) is 1.77. The lowest BCUT2D eigenvalue weighted by atomic mass is 10.0. The van der Waals surface area contributed by atoms with Crippen LogP contribution in [0.5, 0.6) is 0 Å². The van der Waals surface area contributed by atoms with E-state index in [-0.39, 0.29) is 5.91 Å². The Hall–Kier alpha value is -1.38. The normalized spacial score (nSPS) is 20.2. The van der Waals surface area contributed by atoms with Gasteiger partial charge in [-0.3, -0.25) is 4.79 Å². The van der Waals surface area contributed by atoms with Crippen molar-refractivity contribution in [2.45, 2.75) is 18.9 Å². The van der Waals surface area contributed by atoms with Crippen LogP contribution in [0.1, 0.15) is 18.4 Å². The highest BCUT2D eigenvalue weighted by atomic mass is 79.9. The minimum absolute atomic E-state index is 0.102. The number of halogens is 1. The fourth-order valence-corrected chi connectivity index (χ4v) is 2.34. The van der Waals surface area contributed by atoms with Crippen molar-refractivity contribution in [3.8, 4) is 6.07 Å². The molecule has 0 spiro atoms. The van der Waals surface area contributed by atoms with Crippen molar-refractivity contribution in [3.63, 3.8) is 0 Å². The topological polar surface area (TPSA) is 70.1 Å². The molecular weight excluding hydrogens is 282 g/mol. The lowest BCUT2D eigenvalue weighted by molar-refractivity contribution is -0.120. The summed E-state index contributed by atoms with van der Waals surface area (Å²) in [4.78, 5) is 13.6. The molecule has 0 radical (unpaired) electrons. The van der Waals surface area contributed by atoms with Crippen LogP contribution in [-0.2, 0) is 4.79 Å². The molecule has 1 aromatic rings. The monoisotopic (exact) mass is 293 g/mol. The van der Waals surface area contributed by atoms with E-state index >= 15 is 0 Å². The zero-order valence-electron chi connectivity index (χ0n) is 9.19. The first-order chi connectivity index (χ1) is 8.13. The van der Waals surface area contributed by atoms with Crippen LogP contribution >= 0.6 is 15.9 Å². The van der Waals surface area contributed by atoms with E-state index in [1.165, 1.54) is 0 Å². The van der Waals surface area contributed by atoms with Gasteiger partial charge in [-0.1, -0.05) is 15.9 Å². The van der Waals surface area contributed by atoms with Crippen LogP contribution in [0.3, 0.4) is 0 Å². The minimum Gasteiger partial charge on any atom is -0.320 e. The summed E-state index contributed by atoms with van der Waals surface area (Å²) in [6.45, 7) is 0.628. The Morgan fingerprint density at radius 2 is 2.29 bits per heavy atom. The van der Waals surface area contributed by atoms with E-state index in [4.69, 9.17) is 11.0 Å². The second-order valence-corrected chi connectivity index (χ2v) is 4.93. The number of nitrogens with two attached hydrogens (primary N) is 1. The number of piperidine rings is 1. The number of hydrogen-bond donors (Lipinski definition) is 1. The highest BCUT2D eigenvalue weighted by Gasteiger charge is 2.28. The van der Waals surface area contributed by atoms with E-state index in [9.17, 15) is 4.79 Å². The summed E-state index contributed by atoms with van der Waals surface area (Å²) >= 11 is 3.31. The molecule has 1 aliphatic rings. The quantitative estimate of drug-likeness (QED) is 0.858. The summed E-state index contributed by atoms with van der Waals surface area (Å²) in [5.41, 5.74) is 6.88. The Morgan fingerprint density at radius 1 is 1.53 bits per heavy atom. The summed E-state index contributed by atoms with van der Waals surface area (Å²) in [6, 6.07) is 6.97. The molecule has 2 rings (SSSR count). The van der Waals surface area contributed by atoms with Gasteiger partial charge >= 0.3 is 0 Å². The Balaban J connectivity index is 2.40. The van der Waals surface area contributed by atoms with Gasteiger partial charge in [0.05, 0.1) is 17.3 Å². The molecule has 1 aromatic carbocycles. The van der Waals surface area contributed by atoms with Crippen molar-refractivity contribution >= 4 is 27.5 Å². The summed E-state index contributed by atoms with van der Waals surface area (Å²) in [7, 11) is 0. The van der Waals surface area contributed by atoms with Gasteiger partial charge in [0.25, 0.3) is 0 Å². The minimum atomic E-state index is -0.445. The zero-order chi connectivity index (χ0) is 12.4. The van der Waals surface area contributed by atoms with Gasteiger partial charge in [0.15, 0.2) is 0 Å². The Bertz CT molecular complexity index is 495. The van der Waals surface area contributed by atoms with Gasteiger partial charge in [-0.05, 0) is 31.0 Å². The van der Waals surface area contributed by atoms with E-state index < -0.39 is 6.04 Å². The molecule has 1 fully saturated rings. The first kappa shape index (κ1) is 12.1. The SMILES string of the molecule is N#Cc1cc(Br)ccc1N1CCCC(N)C1=O. The second-order valence-electron chi connectivity index (χ2n) is 4.01. The molecule has 1 amide bonds. The van der Waals surface area contributed by atoms with Crippen molar-refractivity contribution in [2.75, 3.05) is 11.4 Å². The highest BCUT2D eigenvalue weighted by Crippen LogP contribution is 2.26. The number of hydrogen-bond acceptors (Lipinski definition) is 3. The molecule has 5 heteroatoms. The third-order valence-corrected chi connectivity index (χ3v) is 3.34. The fourth-order valence-electron chi connectivity index (χ4n) is 1.98. The molecule has 0 saturated carbocycles. The molecule has 1 heterocycles. The van der Waals surface area contributed by atoms with Crippen molar-refractivity contribution in [1.82, 2.24) is 0 Å². The van der Waals surface area contributed by atoms with E-state index in [1.54, 1.807) is 17.0 Å². The third kappa shape index (κ3) is 2.33. The van der Waals surface area contributed by atoms with Crippen LogP contribution < -0.4 is 10.6 Å². The third-order valence-electron chi connectivity index (χ3n) is 2.85. The van der Waals surface area contributed by atoms with E-state index in [1.807, 2.05) is 6.07 Å². The average molecular weight is 294 g/mol. The van der Waals surface area contributed by atoms with Crippen LogP contribution in [0, 0.1) is 11.3 Å². The van der Waals surface area contributed by atoms with Crippen molar-refractivity contribution in [2.24, 2.45) is 5.73 Å². The molecule has 2 N–H and O–H groups in total. The molecule has 0 aliphatic carbocycles. The molecule has 17 heavy (non-hydrogen) atoms. The molecule has 1 aliphatic heterocycles. The maximum atomic E-state index is 12.0. The molecule has 0 bridgehead atoms. The summed E-state index contributed by atoms with van der Waals surface area (Å²) < 4.78 is 0.826. The lowest BCUT2D eigenvalue weighted by Crippen LogP contribution is -2.48. The van der Waals surface area contributed by atoms with Gasteiger partial charge in [0.1, 0.15) is 6.07 Å². The van der Waals surface area contributed by atoms with Gasteiger partial charge in [0, 0.05) is 11.0 Å². The molecule has 4 nitrogen and oxygen atoms in total. The van der Waals surface area contributed by atoms with Gasteiger partial charge < -0.3 is 10.6 Å². The smallest absolute Gasteiger partial charge is 0.243 e. The summed E-state index contributed by atoms with van der Waals surface area (Å²) in [6.07, 6.45) is 1.58. The standard InChI is InChI=1S/C12H12BrN3O/c13-9-3-4-11(8(6-9)7-14)16-5-1-2-10(15)12(16)17/h3-4,6,10H,1-2,5,15H2. The van der Waals surface area contributed by atoms with Gasteiger partial charge in [0.2, 0.25) is 5.91 Å². The second kappa shape index (κ2) is 4.86. The van der Waals surface area contributed by atoms with E-state index in [2.05, 4.69) is 22.0 Å². The number of carbonyl (C=O) groups excluding carboxylic acids is 1. The van der Waals surface area contributed by atoms with Crippen LogP contribution in [0.25, 0.3) is 0 Å². The van der Waals surface area contributed by atoms with Crippen LogP contribution in [-0.4, -0.2) is 18.5 Å². The fraction of sp³-hybridized carbons (Fsp3) is 0.333. The number of nitriles is 1. The van der Waals surface area contributed by atoms with Crippen LogP contribution in [0.2, 0.25) is 0 Å². The van der Waals surface area contributed by atoms with Gasteiger partial charge in [-0.2, -0.15) is 5.26 Å². The number of carbonyl (C=O) groups is 1. The maximum absolute atomic E-state index is 12.0. The van der Waals surface area contributed by atoms with Crippen molar-refractivity contribution in [1.29, 1.82) is 5.26 Å². The maximum Gasteiger partial charge on any atom is 0.243 e. The van der Waals surface area contributed by atoms with Gasteiger partial charge in [-0.25, -0.2) is 0 Å². The predicted molar refractivity (Wildman–Crippen MR) is 68.4 cm³/mol. The molecule has 0 aromatic heterocycles. The van der Waals surface area contributed by atoms with E-state index in [0.717, 1.165) is 10.9 Å². The number of rotatable bonds is 1. The Labute approximate surface area is 108 Å². The van der Waals surface area contributed by atoms with Crippen LogP contribution in [0.4, 0.5) is 5.69 Å². The first-order valence-electron chi connectivity index (χ1n) is 5.40. The van der Waals surface area contributed by atoms with Gasteiger partial charge in [-0.15, -0.1) is 0 Å². The number of amides is 1. The average Bonchev–Trinajstić information content (AvgIpc) is 2.33. The molecule has 1 atom stereocenters. The highest BCUT2D eigenvalue weighted by molar-refractivity contribution is 9.10.